The van der Waals surface area contributed by atoms with Crippen LogP contribution in [-0.2, 0) is 29.1 Å². The van der Waals surface area contributed by atoms with E-state index >= 15 is 4.39 Å². The summed E-state index contributed by atoms with van der Waals surface area (Å²) < 4.78 is 100. The van der Waals surface area contributed by atoms with Gasteiger partial charge in [0, 0.05) is 12.0 Å². The van der Waals surface area contributed by atoms with Gasteiger partial charge in [-0.15, -0.1) is 0 Å². The molecule has 20 heteroatoms. The Bertz CT molecular complexity index is 2070. The number of nitrogens with zero attached hydrogens (tertiary/aromatic N) is 3. The minimum absolute atomic E-state index is 0.0526. The number of aromatic nitrogens is 2. The van der Waals surface area contributed by atoms with Crippen LogP contribution in [0.5, 0.6) is 11.6 Å². The van der Waals surface area contributed by atoms with Crippen molar-refractivity contribution >= 4 is 44.9 Å². The number of alkyl carbamates (subject to hydrolysis) is 1. The van der Waals surface area contributed by atoms with Gasteiger partial charge in [0.25, 0.3) is 17.7 Å². The molecule has 3 aliphatic carbocycles. The van der Waals surface area contributed by atoms with Crippen molar-refractivity contribution in [2.75, 3.05) is 20.3 Å². The third-order valence-electron chi connectivity index (χ3n) is 12.0. The summed E-state index contributed by atoms with van der Waals surface area (Å²) in [4.78, 5) is 65.4. The molecule has 1 aromatic heterocycles. The molecule has 8 atom stereocenters. The number of nitrogens with one attached hydrogen (secondary N) is 3. The van der Waals surface area contributed by atoms with Gasteiger partial charge in [-0.3, -0.25) is 23.5 Å². The van der Waals surface area contributed by atoms with Crippen molar-refractivity contribution in [1.29, 1.82) is 0 Å². The quantitative estimate of drug-likeness (QED) is 0.149. The van der Waals surface area contributed by atoms with Crippen LogP contribution in [0.1, 0.15) is 86.0 Å². The molecule has 326 valence electrons. The summed E-state index contributed by atoms with van der Waals surface area (Å²) in [6.45, 7) is 7.21. The molecule has 3 saturated carbocycles. The SMILES string of the molecule is CC[C@@H]1[C@@H](Oc2nc3cc(OC)ccc3nc2F)CN(C(=O)[C@@H](NC(=O)O[C@@H]2CC2CCCCF)C(C)(C)C)[C@@H]1C(=O)N[C@]1(C(=O)NS(=O)(=O)C2(C)CC2)C[C@H]1C(F)F. The summed E-state index contributed by atoms with van der Waals surface area (Å²) in [6, 6.07) is 1.66. The molecule has 2 heterocycles. The summed E-state index contributed by atoms with van der Waals surface area (Å²) >= 11 is 0. The Morgan fingerprint density at radius 2 is 1.78 bits per heavy atom. The van der Waals surface area contributed by atoms with E-state index in [1.807, 2.05) is 4.72 Å². The van der Waals surface area contributed by atoms with Crippen LogP contribution in [0.4, 0.5) is 22.4 Å². The Morgan fingerprint density at radius 3 is 2.37 bits per heavy atom. The van der Waals surface area contributed by atoms with Crippen LogP contribution in [0.25, 0.3) is 11.0 Å². The highest BCUT2D eigenvalue weighted by Gasteiger charge is 2.68. The first-order chi connectivity index (χ1) is 27.7. The van der Waals surface area contributed by atoms with Crippen molar-refractivity contribution < 1.29 is 59.4 Å². The highest BCUT2D eigenvalue weighted by molar-refractivity contribution is 7.91. The Hall–Kier alpha value is -4.49. The lowest BCUT2D eigenvalue weighted by Crippen LogP contribution is -2.61. The van der Waals surface area contributed by atoms with E-state index < -0.39 is 117 Å². The fourth-order valence-electron chi connectivity index (χ4n) is 7.79. The number of amides is 4. The molecule has 6 rings (SSSR count). The topological polar surface area (TPSA) is 195 Å². The van der Waals surface area contributed by atoms with E-state index in [1.165, 1.54) is 26.2 Å². The number of methoxy groups -OCH3 is 1. The van der Waals surface area contributed by atoms with Crippen LogP contribution in [0.2, 0.25) is 0 Å². The van der Waals surface area contributed by atoms with Gasteiger partial charge >= 0.3 is 6.09 Å². The van der Waals surface area contributed by atoms with Gasteiger partial charge in [0.2, 0.25) is 28.3 Å². The lowest BCUT2D eigenvalue weighted by molar-refractivity contribution is -0.144. The molecule has 1 saturated heterocycles. The van der Waals surface area contributed by atoms with E-state index in [1.54, 1.807) is 33.8 Å². The highest BCUT2D eigenvalue weighted by atomic mass is 32.2. The predicted molar refractivity (Wildman–Crippen MR) is 204 cm³/mol. The van der Waals surface area contributed by atoms with E-state index in [-0.39, 0.29) is 42.8 Å². The molecule has 59 heavy (non-hydrogen) atoms. The van der Waals surface area contributed by atoms with E-state index in [2.05, 4.69) is 20.6 Å². The minimum Gasteiger partial charge on any atom is -0.497 e. The number of rotatable bonds is 17. The van der Waals surface area contributed by atoms with Gasteiger partial charge in [-0.25, -0.2) is 32.0 Å². The number of carbonyl (C=O) groups is 4. The Morgan fingerprint density at radius 1 is 1.07 bits per heavy atom. The Kier molecular flexibility index (Phi) is 12.3. The van der Waals surface area contributed by atoms with Gasteiger partial charge in [0.1, 0.15) is 35.6 Å². The fraction of sp³-hybridized carbons (Fsp3) is 0.692. The molecule has 1 aliphatic heterocycles. The second-order valence-electron chi connectivity index (χ2n) is 17.4. The van der Waals surface area contributed by atoms with E-state index in [4.69, 9.17) is 14.2 Å². The van der Waals surface area contributed by atoms with Crippen LogP contribution in [0, 0.1) is 29.1 Å². The van der Waals surface area contributed by atoms with Crippen molar-refractivity contribution in [3.63, 3.8) is 0 Å². The smallest absolute Gasteiger partial charge is 0.408 e. The largest absolute Gasteiger partial charge is 0.497 e. The maximum Gasteiger partial charge on any atom is 0.408 e. The highest BCUT2D eigenvalue weighted by Crippen LogP contribution is 2.50. The van der Waals surface area contributed by atoms with Gasteiger partial charge < -0.3 is 29.7 Å². The molecule has 1 aromatic carbocycles. The lowest BCUT2D eigenvalue weighted by atomic mass is 9.85. The molecular weight excluding hydrogens is 805 g/mol. The average Bonchev–Trinajstić information content (AvgIpc) is 4.12. The normalized spacial score (nSPS) is 27.5. The number of likely N-dealkylation sites (tertiary alicyclic amines) is 1. The van der Waals surface area contributed by atoms with E-state index in [0.29, 0.717) is 31.4 Å². The fourth-order valence-corrected chi connectivity index (χ4v) is 9.11. The standard InChI is InChI=1S/C39H52F4N6O9S/c1-7-22-27(57-33-31(43)44-24-12-11-21(56-6)17-25(24)45-33)19-49(34(51)29(37(2,3)4)46-36(53)58-26-16-20(26)10-8-9-15-40)28(22)32(50)47-39(18-23(39)30(41)42)35(52)48-59(54,55)38(5)13-14-38/h11-12,17,20,22-23,26-30H,7-10,13-16,18-19H2,1-6H3,(H,46,53)(H,47,50)(H,48,52)/t20?,22-,23+,26-,27+,28+,29-,39-/m1/s1. The zero-order valence-corrected chi connectivity index (χ0v) is 34.7. The van der Waals surface area contributed by atoms with E-state index in [9.17, 15) is 40.8 Å². The third-order valence-corrected chi connectivity index (χ3v) is 14.2. The van der Waals surface area contributed by atoms with Gasteiger partial charge in [0.15, 0.2) is 0 Å². The first kappa shape index (κ1) is 44.1. The number of fused-ring (bicyclic) bond motifs is 1. The second kappa shape index (κ2) is 16.5. The van der Waals surface area contributed by atoms with Crippen molar-refractivity contribution in [1.82, 2.24) is 30.2 Å². The van der Waals surface area contributed by atoms with Crippen LogP contribution in [0.15, 0.2) is 18.2 Å². The lowest BCUT2D eigenvalue weighted by Gasteiger charge is -2.36. The molecule has 4 aliphatic rings. The monoisotopic (exact) mass is 856 g/mol. The number of ether oxygens (including phenoxy) is 3. The zero-order chi connectivity index (χ0) is 43.2. The number of carbonyl (C=O) groups excluding carboxylic acids is 4. The van der Waals surface area contributed by atoms with Crippen LogP contribution < -0.4 is 24.8 Å². The summed E-state index contributed by atoms with van der Waals surface area (Å²) in [5.41, 5.74) is -2.95. The number of halogens is 4. The maximum absolute atomic E-state index is 15.5. The molecule has 0 spiro atoms. The number of hydrogen-bond donors (Lipinski definition) is 3. The Balaban J connectivity index is 1.31. The van der Waals surface area contributed by atoms with Gasteiger partial charge in [-0.2, -0.15) is 4.39 Å². The van der Waals surface area contributed by atoms with Gasteiger partial charge in [0.05, 0.1) is 42.0 Å². The molecule has 3 N–H and O–H groups in total. The summed E-state index contributed by atoms with van der Waals surface area (Å²) in [6.07, 6.45) is -3.34. The third kappa shape index (κ3) is 9.16. The predicted octanol–water partition coefficient (Wildman–Crippen LogP) is 4.57. The van der Waals surface area contributed by atoms with Crippen molar-refractivity contribution in [3.8, 4) is 11.6 Å². The number of sulfonamides is 1. The molecule has 0 bridgehead atoms. The first-order valence-electron chi connectivity index (χ1n) is 19.9. The molecule has 1 unspecified atom stereocenters. The second-order valence-corrected chi connectivity index (χ2v) is 19.6. The minimum atomic E-state index is -4.30. The molecule has 4 amide bonds. The van der Waals surface area contributed by atoms with E-state index in [0.717, 1.165) is 4.90 Å². The van der Waals surface area contributed by atoms with Crippen molar-refractivity contribution in [2.45, 2.75) is 127 Å². The number of unbranched alkanes of at least 4 members (excludes halogenated alkanes) is 1. The number of hydrogen-bond acceptors (Lipinski definition) is 11. The summed E-state index contributed by atoms with van der Waals surface area (Å²) in [5.74, 6) is -7.12. The average molecular weight is 857 g/mol. The first-order valence-corrected chi connectivity index (χ1v) is 21.4. The molecule has 0 radical (unpaired) electrons. The molecule has 4 fully saturated rings. The summed E-state index contributed by atoms with van der Waals surface area (Å²) in [7, 11) is -2.87. The zero-order valence-electron chi connectivity index (χ0n) is 33.9. The van der Waals surface area contributed by atoms with Crippen LogP contribution in [0.3, 0.4) is 0 Å². The van der Waals surface area contributed by atoms with Gasteiger partial charge in [-0.1, -0.05) is 34.1 Å². The van der Waals surface area contributed by atoms with Crippen molar-refractivity contribution in [2.24, 2.45) is 23.2 Å². The molecule has 15 nitrogen and oxygen atoms in total. The van der Waals surface area contributed by atoms with Crippen LogP contribution in [-0.4, -0.2) is 108 Å². The summed E-state index contributed by atoms with van der Waals surface area (Å²) in [5, 5.41) is 5.03. The molecular formula is C39H52F4N6O9S. The number of alkyl halides is 3. The maximum atomic E-state index is 15.5. The number of benzene rings is 1. The van der Waals surface area contributed by atoms with Crippen LogP contribution >= 0.6 is 0 Å². The van der Waals surface area contributed by atoms with Gasteiger partial charge in [-0.05, 0) is 75.3 Å². The van der Waals surface area contributed by atoms with Crippen molar-refractivity contribution in [3.05, 3.63) is 24.1 Å². The molecule has 2 aromatic rings. The Labute approximate surface area is 340 Å².